The van der Waals surface area contributed by atoms with Crippen molar-refractivity contribution in [3.05, 3.63) is 29.6 Å². The average molecular weight is 288 g/mol. The predicted octanol–water partition coefficient (Wildman–Crippen LogP) is 1.44. The van der Waals surface area contributed by atoms with Gasteiger partial charge in [-0.1, -0.05) is 0 Å². The normalized spacial score (nSPS) is 34.0. The third-order valence-electron chi connectivity index (χ3n) is 3.84. The lowest BCUT2D eigenvalue weighted by Gasteiger charge is -2.44. The minimum absolute atomic E-state index is 0.0520. The van der Waals surface area contributed by atoms with Crippen molar-refractivity contribution in [2.24, 2.45) is 0 Å². The maximum absolute atomic E-state index is 12.7. The number of aromatic nitrogens is 1. The summed E-state index contributed by atoms with van der Waals surface area (Å²) < 4.78 is 43.6. The molecule has 0 aliphatic carbocycles. The molecule has 2 aliphatic heterocycles. The lowest BCUT2D eigenvalue weighted by Crippen LogP contribution is -2.58. The van der Waals surface area contributed by atoms with Gasteiger partial charge in [-0.15, -0.1) is 0 Å². The Hall–Kier alpha value is -1.18. The van der Waals surface area contributed by atoms with E-state index < -0.39 is 17.3 Å². The third kappa shape index (κ3) is 2.53. The van der Waals surface area contributed by atoms with Gasteiger partial charge in [0.05, 0.1) is 24.5 Å². The largest absolute Gasteiger partial charge is 0.416 e. The van der Waals surface area contributed by atoms with E-state index in [4.69, 9.17) is 4.74 Å². The highest BCUT2D eigenvalue weighted by molar-refractivity contribution is 5.25. The van der Waals surface area contributed by atoms with Crippen LogP contribution in [0.25, 0.3) is 0 Å². The highest BCUT2D eigenvalue weighted by atomic mass is 19.4. The average Bonchev–Trinajstić information content (AvgIpc) is 2.37. The number of rotatable bonds is 1. The molecule has 0 saturated carbocycles. The van der Waals surface area contributed by atoms with Crippen LogP contribution in [0.1, 0.15) is 24.1 Å². The molecule has 3 heterocycles. The van der Waals surface area contributed by atoms with E-state index in [2.05, 4.69) is 10.3 Å². The van der Waals surface area contributed by atoms with Crippen LogP contribution in [0.3, 0.4) is 0 Å². The van der Waals surface area contributed by atoms with Crippen LogP contribution in [0.15, 0.2) is 18.3 Å². The number of morpholine rings is 1. The van der Waals surface area contributed by atoms with Crippen molar-refractivity contribution in [2.75, 3.05) is 13.2 Å². The molecular formula is C13H15F3N2O2. The molecule has 0 spiro atoms. The summed E-state index contributed by atoms with van der Waals surface area (Å²) in [4.78, 5) is 3.96. The lowest BCUT2D eigenvalue weighted by atomic mass is 9.80. The van der Waals surface area contributed by atoms with Gasteiger partial charge >= 0.3 is 6.18 Å². The van der Waals surface area contributed by atoms with E-state index in [0.29, 0.717) is 26.1 Å². The number of hydrogen-bond acceptors (Lipinski definition) is 4. The number of nitrogens with zero attached hydrogens (tertiary/aromatic N) is 1. The summed E-state index contributed by atoms with van der Waals surface area (Å²) in [6, 6.07) is 1.76. The molecule has 110 valence electrons. The van der Waals surface area contributed by atoms with Gasteiger partial charge in [0.15, 0.2) is 0 Å². The molecule has 2 fully saturated rings. The maximum Gasteiger partial charge on any atom is 0.416 e. The van der Waals surface area contributed by atoms with Gasteiger partial charge in [0.25, 0.3) is 0 Å². The predicted molar refractivity (Wildman–Crippen MR) is 63.9 cm³/mol. The number of fused-ring (bicyclic) bond motifs is 2. The highest BCUT2D eigenvalue weighted by Crippen LogP contribution is 2.38. The molecule has 2 atom stereocenters. The molecular weight excluding hydrogens is 273 g/mol. The van der Waals surface area contributed by atoms with Crippen molar-refractivity contribution in [1.29, 1.82) is 0 Å². The first-order chi connectivity index (χ1) is 9.37. The van der Waals surface area contributed by atoms with E-state index in [1.165, 1.54) is 0 Å². The monoisotopic (exact) mass is 288 g/mol. The summed E-state index contributed by atoms with van der Waals surface area (Å²) in [6.45, 7) is 0.912. The second-order valence-corrected chi connectivity index (χ2v) is 5.47. The van der Waals surface area contributed by atoms with Crippen LogP contribution >= 0.6 is 0 Å². The van der Waals surface area contributed by atoms with Gasteiger partial charge in [0.2, 0.25) is 0 Å². The zero-order valence-electron chi connectivity index (χ0n) is 10.7. The van der Waals surface area contributed by atoms with Gasteiger partial charge in [-0.25, -0.2) is 0 Å². The number of pyridine rings is 1. The Labute approximate surface area is 114 Å². The molecule has 0 radical (unpaired) electrons. The first-order valence-electron chi connectivity index (χ1n) is 6.47. The van der Waals surface area contributed by atoms with E-state index in [9.17, 15) is 18.3 Å². The summed E-state index contributed by atoms with van der Waals surface area (Å²) in [6.07, 6.45) is -2.72. The van der Waals surface area contributed by atoms with Gasteiger partial charge in [0, 0.05) is 18.3 Å². The van der Waals surface area contributed by atoms with Crippen molar-refractivity contribution < 1.29 is 23.0 Å². The number of hydrogen-bond donors (Lipinski definition) is 2. The topological polar surface area (TPSA) is 54.4 Å². The van der Waals surface area contributed by atoms with Gasteiger partial charge in [-0.05, 0) is 25.0 Å². The van der Waals surface area contributed by atoms with Gasteiger partial charge < -0.3 is 15.2 Å². The van der Waals surface area contributed by atoms with Crippen molar-refractivity contribution in [3.8, 4) is 0 Å². The van der Waals surface area contributed by atoms with Gasteiger partial charge in [0.1, 0.15) is 5.60 Å². The third-order valence-corrected chi connectivity index (χ3v) is 3.84. The Morgan fingerprint density at radius 2 is 1.95 bits per heavy atom. The fourth-order valence-electron chi connectivity index (χ4n) is 2.99. The van der Waals surface area contributed by atoms with Crippen molar-refractivity contribution >= 4 is 0 Å². The van der Waals surface area contributed by atoms with E-state index in [1.807, 2.05) is 0 Å². The minimum Gasteiger partial charge on any atom is -0.383 e. The first-order valence-corrected chi connectivity index (χ1v) is 6.47. The number of alkyl halides is 3. The SMILES string of the molecule is OC1(c2cc(C(F)(F)F)ccn2)CC2COCC(C1)N2. The minimum atomic E-state index is -4.43. The lowest BCUT2D eigenvalue weighted by molar-refractivity contribution is -0.138. The molecule has 4 nitrogen and oxygen atoms in total. The second-order valence-electron chi connectivity index (χ2n) is 5.47. The Morgan fingerprint density at radius 1 is 1.30 bits per heavy atom. The zero-order chi connectivity index (χ0) is 14.4. The van der Waals surface area contributed by atoms with E-state index >= 15 is 0 Å². The van der Waals surface area contributed by atoms with Crippen LogP contribution in [-0.4, -0.2) is 35.4 Å². The summed E-state index contributed by atoms with van der Waals surface area (Å²) in [7, 11) is 0. The molecule has 2 bridgehead atoms. The van der Waals surface area contributed by atoms with Crippen molar-refractivity contribution in [2.45, 2.75) is 36.7 Å². The summed E-state index contributed by atoms with van der Waals surface area (Å²) in [5.41, 5.74) is -2.02. The summed E-state index contributed by atoms with van der Waals surface area (Å²) >= 11 is 0. The Balaban J connectivity index is 1.91. The molecule has 2 unspecified atom stereocenters. The Bertz CT molecular complexity index is 495. The fraction of sp³-hybridized carbons (Fsp3) is 0.615. The molecule has 1 aromatic rings. The van der Waals surface area contributed by atoms with E-state index in [0.717, 1.165) is 18.3 Å². The summed E-state index contributed by atoms with van der Waals surface area (Å²) in [5.74, 6) is 0. The molecule has 2 saturated heterocycles. The molecule has 7 heteroatoms. The van der Waals surface area contributed by atoms with Crippen LogP contribution in [0.2, 0.25) is 0 Å². The summed E-state index contributed by atoms with van der Waals surface area (Å²) in [5, 5.41) is 14.0. The van der Waals surface area contributed by atoms with Crippen molar-refractivity contribution in [1.82, 2.24) is 10.3 Å². The fourth-order valence-corrected chi connectivity index (χ4v) is 2.99. The Kier molecular flexibility index (Phi) is 3.23. The smallest absolute Gasteiger partial charge is 0.383 e. The van der Waals surface area contributed by atoms with Crippen LogP contribution < -0.4 is 5.32 Å². The van der Waals surface area contributed by atoms with Gasteiger partial charge in [-0.2, -0.15) is 13.2 Å². The second kappa shape index (κ2) is 4.68. The number of aliphatic hydroxyl groups is 1. The number of ether oxygens (including phenoxy) is 1. The Morgan fingerprint density at radius 3 is 2.55 bits per heavy atom. The van der Waals surface area contributed by atoms with E-state index in [-0.39, 0.29) is 17.8 Å². The number of halogens is 3. The van der Waals surface area contributed by atoms with Crippen LogP contribution in [0.5, 0.6) is 0 Å². The molecule has 1 aromatic heterocycles. The van der Waals surface area contributed by atoms with Crippen LogP contribution in [-0.2, 0) is 16.5 Å². The van der Waals surface area contributed by atoms with Gasteiger partial charge in [-0.3, -0.25) is 4.98 Å². The van der Waals surface area contributed by atoms with E-state index in [1.54, 1.807) is 0 Å². The molecule has 0 aromatic carbocycles. The first kappa shape index (κ1) is 13.8. The molecule has 2 N–H and O–H groups in total. The molecule has 20 heavy (non-hydrogen) atoms. The van der Waals surface area contributed by atoms with Crippen LogP contribution in [0.4, 0.5) is 13.2 Å². The molecule has 0 amide bonds. The number of piperidine rings is 1. The van der Waals surface area contributed by atoms with Crippen LogP contribution in [0, 0.1) is 0 Å². The van der Waals surface area contributed by atoms with Crippen molar-refractivity contribution in [3.63, 3.8) is 0 Å². The molecule has 3 rings (SSSR count). The number of nitrogens with one attached hydrogen (secondary N) is 1. The standard InChI is InChI=1S/C13H15F3N2O2/c14-13(15,16)8-1-2-17-11(3-8)12(19)4-9-6-20-7-10(5-12)18-9/h1-3,9-10,18-19H,4-7H2. The quantitative estimate of drug-likeness (QED) is 0.821. The zero-order valence-corrected chi connectivity index (χ0v) is 10.7. The molecule has 2 aliphatic rings. The highest BCUT2D eigenvalue weighted by Gasteiger charge is 2.44. The maximum atomic E-state index is 12.7.